The van der Waals surface area contributed by atoms with E-state index in [9.17, 15) is 9.59 Å². The van der Waals surface area contributed by atoms with E-state index in [4.69, 9.17) is 4.74 Å². The molecule has 1 aromatic carbocycles. The van der Waals surface area contributed by atoms with Gasteiger partial charge in [0.15, 0.2) is 0 Å². The lowest BCUT2D eigenvalue weighted by atomic mass is 10.1. The Labute approximate surface area is 102 Å². The van der Waals surface area contributed by atoms with Gasteiger partial charge < -0.3 is 9.47 Å². The van der Waals surface area contributed by atoms with Gasteiger partial charge in [0.25, 0.3) is 5.78 Å². The van der Waals surface area contributed by atoms with Gasteiger partial charge in [0.1, 0.15) is 5.75 Å². The molecule has 0 aliphatic heterocycles. The molecule has 0 N–H and O–H groups in total. The van der Waals surface area contributed by atoms with Gasteiger partial charge in [-0.2, -0.15) is 0 Å². The fourth-order valence-electron chi connectivity index (χ4n) is 1.12. The molecule has 0 bridgehead atoms. The molecule has 0 aliphatic carbocycles. The van der Waals surface area contributed by atoms with Crippen molar-refractivity contribution >= 4 is 27.7 Å². The number of Topliss-reactive ketones (excluding diaryl/α,β-unsaturated/α-hetero) is 1. The Morgan fingerprint density at radius 1 is 1.38 bits per heavy atom. The highest BCUT2D eigenvalue weighted by atomic mass is 79.9. The molecule has 0 atom stereocenters. The molecule has 0 amide bonds. The van der Waals surface area contributed by atoms with Crippen LogP contribution in [0.25, 0.3) is 0 Å². The van der Waals surface area contributed by atoms with E-state index in [1.807, 2.05) is 0 Å². The fraction of sp³-hybridized carbons (Fsp3) is 0.273. The van der Waals surface area contributed by atoms with Crippen molar-refractivity contribution in [3.8, 4) is 5.75 Å². The van der Waals surface area contributed by atoms with E-state index in [1.165, 1.54) is 19.2 Å². The SMILES string of the molecule is CCOC(=O)C(=O)c1ccc(Br)c(OC)c1. The number of rotatable bonds is 4. The van der Waals surface area contributed by atoms with Crippen LogP contribution in [0, 0.1) is 0 Å². The van der Waals surface area contributed by atoms with E-state index >= 15 is 0 Å². The zero-order valence-corrected chi connectivity index (χ0v) is 10.5. The van der Waals surface area contributed by atoms with Crippen LogP contribution >= 0.6 is 15.9 Å². The van der Waals surface area contributed by atoms with Gasteiger partial charge in [0, 0.05) is 5.56 Å². The van der Waals surface area contributed by atoms with Crippen LogP contribution in [0.2, 0.25) is 0 Å². The molecule has 1 aromatic rings. The second kappa shape index (κ2) is 5.65. The zero-order chi connectivity index (χ0) is 12.1. The molecular formula is C11H11BrO4. The van der Waals surface area contributed by atoms with Crippen molar-refractivity contribution in [1.29, 1.82) is 0 Å². The second-order valence-electron chi connectivity index (χ2n) is 2.90. The molecule has 5 heteroatoms. The van der Waals surface area contributed by atoms with Gasteiger partial charge in [-0.3, -0.25) is 4.79 Å². The van der Waals surface area contributed by atoms with Crippen LogP contribution in [0.5, 0.6) is 5.75 Å². The predicted octanol–water partition coefficient (Wildman–Crippen LogP) is 2.20. The maximum atomic E-state index is 11.6. The van der Waals surface area contributed by atoms with E-state index in [0.29, 0.717) is 5.75 Å². The Hall–Kier alpha value is -1.36. The average Bonchev–Trinajstić information content (AvgIpc) is 2.29. The Morgan fingerprint density at radius 2 is 2.06 bits per heavy atom. The lowest BCUT2D eigenvalue weighted by molar-refractivity contribution is -0.137. The molecule has 0 saturated carbocycles. The molecule has 0 fully saturated rings. The van der Waals surface area contributed by atoms with Crippen molar-refractivity contribution in [3.63, 3.8) is 0 Å². The summed E-state index contributed by atoms with van der Waals surface area (Å²) in [6.07, 6.45) is 0. The number of ether oxygens (including phenoxy) is 2. The van der Waals surface area contributed by atoms with E-state index < -0.39 is 11.8 Å². The molecule has 16 heavy (non-hydrogen) atoms. The van der Waals surface area contributed by atoms with Gasteiger partial charge in [-0.1, -0.05) is 0 Å². The summed E-state index contributed by atoms with van der Waals surface area (Å²) in [5, 5.41) is 0. The van der Waals surface area contributed by atoms with Gasteiger partial charge in [-0.25, -0.2) is 4.79 Å². The lowest BCUT2D eigenvalue weighted by Gasteiger charge is -2.05. The first-order valence-corrected chi connectivity index (χ1v) is 5.44. The van der Waals surface area contributed by atoms with Gasteiger partial charge in [-0.05, 0) is 41.1 Å². The smallest absolute Gasteiger partial charge is 0.379 e. The molecule has 4 nitrogen and oxygen atoms in total. The van der Waals surface area contributed by atoms with Gasteiger partial charge in [-0.15, -0.1) is 0 Å². The van der Waals surface area contributed by atoms with E-state index in [0.717, 1.165) is 4.47 Å². The summed E-state index contributed by atoms with van der Waals surface area (Å²) in [7, 11) is 1.48. The third kappa shape index (κ3) is 2.82. The number of hydrogen-bond acceptors (Lipinski definition) is 4. The van der Waals surface area contributed by atoms with Crippen molar-refractivity contribution in [2.45, 2.75) is 6.92 Å². The van der Waals surface area contributed by atoms with Crippen LogP contribution < -0.4 is 4.74 Å². The Balaban J connectivity index is 2.96. The summed E-state index contributed by atoms with van der Waals surface area (Å²) in [6.45, 7) is 1.82. The molecule has 1 rings (SSSR count). The van der Waals surface area contributed by atoms with E-state index in [-0.39, 0.29) is 12.2 Å². The first kappa shape index (κ1) is 12.7. The molecule has 0 heterocycles. The number of ketones is 1. The Kier molecular flexibility index (Phi) is 4.49. The van der Waals surface area contributed by atoms with Crippen LogP contribution in [0.4, 0.5) is 0 Å². The number of methoxy groups -OCH3 is 1. The molecule has 86 valence electrons. The zero-order valence-electron chi connectivity index (χ0n) is 8.95. The maximum absolute atomic E-state index is 11.6. The molecule has 0 aliphatic rings. The normalized spacial score (nSPS) is 9.69. The predicted molar refractivity (Wildman–Crippen MR) is 61.7 cm³/mol. The maximum Gasteiger partial charge on any atom is 0.379 e. The van der Waals surface area contributed by atoms with Crippen molar-refractivity contribution < 1.29 is 19.1 Å². The van der Waals surface area contributed by atoms with Crippen LogP contribution in [0.1, 0.15) is 17.3 Å². The Bertz CT molecular complexity index is 414. The van der Waals surface area contributed by atoms with Gasteiger partial charge in [0.2, 0.25) is 0 Å². The number of carbonyl (C=O) groups excluding carboxylic acids is 2. The van der Waals surface area contributed by atoms with Gasteiger partial charge >= 0.3 is 5.97 Å². The second-order valence-corrected chi connectivity index (χ2v) is 3.75. The summed E-state index contributed by atoms with van der Waals surface area (Å²) >= 11 is 3.26. The van der Waals surface area contributed by atoms with Crippen LogP contribution in [-0.4, -0.2) is 25.5 Å². The molecular weight excluding hydrogens is 276 g/mol. The number of esters is 1. The number of carbonyl (C=O) groups is 2. The number of benzene rings is 1. The third-order valence-electron chi connectivity index (χ3n) is 1.87. The van der Waals surface area contributed by atoms with Gasteiger partial charge in [0.05, 0.1) is 18.2 Å². The van der Waals surface area contributed by atoms with Crippen LogP contribution in [-0.2, 0) is 9.53 Å². The largest absolute Gasteiger partial charge is 0.496 e. The minimum absolute atomic E-state index is 0.179. The summed E-state index contributed by atoms with van der Waals surface area (Å²) < 4.78 is 10.4. The average molecular weight is 287 g/mol. The highest BCUT2D eigenvalue weighted by Crippen LogP contribution is 2.25. The Morgan fingerprint density at radius 3 is 2.62 bits per heavy atom. The first-order chi connectivity index (χ1) is 7.60. The molecule has 0 saturated heterocycles. The fourth-order valence-corrected chi connectivity index (χ4v) is 1.52. The quantitative estimate of drug-likeness (QED) is 0.484. The minimum Gasteiger partial charge on any atom is -0.496 e. The monoisotopic (exact) mass is 286 g/mol. The summed E-state index contributed by atoms with van der Waals surface area (Å²) in [4.78, 5) is 22.8. The van der Waals surface area contributed by atoms with Crippen molar-refractivity contribution in [2.75, 3.05) is 13.7 Å². The van der Waals surface area contributed by atoms with Crippen LogP contribution in [0.15, 0.2) is 22.7 Å². The first-order valence-electron chi connectivity index (χ1n) is 4.65. The molecule has 0 aromatic heterocycles. The highest BCUT2D eigenvalue weighted by Gasteiger charge is 2.18. The molecule has 0 unspecified atom stereocenters. The lowest BCUT2D eigenvalue weighted by Crippen LogP contribution is -2.17. The number of hydrogen-bond donors (Lipinski definition) is 0. The topological polar surface area (TPSA) is 52.6 Å². The van der Waals surface area contributed by atoms with Crippen molar-refractivity contribution in [1.82, 2.24) is 0 Å². The van der Waals surface area contributed by atoms with Crippen molar-refractivity contribution in [3.05, 3.63) is 28.2 Å². The molecule has 0 spiro atoms. The van der Waals surface area contributed by atoms with Crippen LogP contribution in [0.3, 0.4) is 0 Å². The van der Waals surface area contributed by atoms with E-state index in [2.05, 4.69) is 20.7 Å². The third-order valence-corrected chi connectivity index (χ3v) is 2.53. The standard InChI is InChI=1S/C11H11BrO4/c1-3-16-11(14)10(13)7-4-5-8(12)9(6-7)15-2/h4-6H,3H2,1-2H3. The minimum atomic E-state index is -0.855. The summed E-state index contributed by atoms with van der Waals surface area (Å²) in [6, 6.07) is 4.67. The van der Waals surface area contributed by atoms with E-state index in [1.54, 1.807) is 13.0 Å². The highest BCUT2D eigenvalue weighted by molar-refractivity contribution is 9.10. The molecule has 0 radical (unpaired) electrons. The summed E-state index contributed by atoms with van der Waals surface area (Å²) in [5.41, 5.74) is 0.249. The number of halogens is 1. The summed E-state index contributed by atoms with van der Waals surface area (Å²) in [5.74, 6) is -1.03. The van der Waals surface area contributed by atoms with Crippen molar-refractivity contribution in [2.24, 2.45) is 0 Å².